The largest absolute Gasteiger partial charge is 0.459 e. The van der Waals surface area contributed by atoms with Crippen molar-refractivity contribution in [3.63, 3.8) is 0 Å². The molecule has 3 heterocycles. The lowest BCUT2D eigenvalue weighted by Gasteiger charge is -2.15. The second-order valence-corrected chi connectivity index (χ2v) is 6.20. The number of amides is 1. The molecule has 1 aliphatic heterocycles. The van der Waals surface area contributed by atoms with E-state index in [1.165, 1.54) is 4.90 Å². The van der Waals surface area contributed by atoms with E-state index in [2.05, 4.69) is 25.9 Å². The first-order valence-electron chi connectivity index (χ1n) is 7.48. The highest BCUT2D eigenvalue weighted by Gasteiger charge is 2.34. The van der Waals surface area contributed by atoms with Crippen LogP contribution in [0, 0.1) is 6.92 Å². The lowest BCUT2D eigenvalue weighted by atomic mass is 10.1. The van der Waals surface area contributed by atoms with Crippen LogP contribution in [0.3, 0.4) is 0 Å². The number of aromatic nitrogens is 3. The van der Waals surface area contributed by atoms with Crippen molar-refractivity contribution in [2.75, 3.05) is 19.7 Å². The molecule has 0 unspecified atom stereocenters. The van der Waals surface area contributed by atoms with Crippen LogP contribution in [0.25, 0.3) is 5.52 Å². The van der Waals surface area contributed by atoms with Crippen molar-refractivity contribution in [3.8, 4) is 0 Å². The Bertz CT molecular complexity index is 773. The van der Waals surface area contributed by atoms with Crippen LogP contribution in [0.15, 0.2) is 17.0 Å². The number of rotatable bonds is 2. The minimum absolute atomic E-state index is 0.0778. The molecule has 8 heteroatoms. The van der Waals surface area contributed by atoms with Gasteiger partial charge in [0.25, 0.3) is 0 Å². The van der Waals surface area contributed by atoms with E-state index in [4.69, 9.17) is 4.74 Å². The van der Waals surface area contributed by atoms with Crippen LogP contribution in [-0.4, -0.2) is 50.8 Å². The summed E-state index contributed by atoms with van der Waals surface area (Å²) in [6.07, 6.45) is 4.36. The van der Waals surface area contributed by atoms with Gasteiger partial charge in [0.2, 0.25) is 0 Å². The fourth-order valence-electron chi connectivity index (χ4n) is 2.93. The van der Waals surface area contributed by atoms with Gasteiger partial charge in [-0.2, -0.15) is 0 Å². The maximum atomic E-state index is 12.0. The Kier molecular flexibility index (Phi) is 4.34. The van der Waals surface area contributed by atoms with Crippen LogP contribution in [-0.2, 0) is 14.3 Å². The van der Waals surface area contributed by atoms with E-state index in [0.29, 0.717) is 13.1 Å². The molecule has 3 rings (SSSR count). The SMILES string of the molecule is CCOC(=O)C(=O)N1CC[C@@H](c2nc(Br)c3c(C)nccn23)C1. The molecule has 1 aliphatic rings. The van der Waals surface area contributed by atoms with Crippen molar-refractivity contribution in [2.24, 2.45) is 0 Å². The topological polar surface area (TPSA) is 76.8 Å². The molecule has 2 aromatic heterocycles. The summed E-state index contributed by atoms with van der Waals surface area (Å²) in [7, 11) is 0. The molecule has 1 fully saturated rings. The van der Waals surface area contributed by atoms with Crippen LogP contribution >= 0.6 is 15.9 Å². The van der Waals surface area contributed by atoms with E-state index in [1.807, 2.05) is 17.5 Å². The van der Waals surface area contributed by atoms with Gasteiger partial charge >= 0.3 is 11.9 Å². The smallest absolute Gasteiger partial charge is 0.397 e. The minimum Gasteiger partial charge on any atom is -0.459 e. The Morgan fingerprint density at radius 1 is 1.48 bits per heavy atom. The quantitative estimate of drug-likeness (QED) is 0.585. The predicted molar refractivity (Wildman–Crippen MR) is 86.0 cm³/mol. The van der Waals surface area contributed by atoms with Crippen LogP contribution in [0.1, 0.15) is 30.8 Å². The average molecular weight is 381 g/mol. The number of esters is 1. The summed E-state index contributed by atoms with van der Waals surface area (Å²) in [5, 5.41) is 0. The fraction of sp³-hybridized carbons (Fsp3) is 0.467. The number of aryl methyl sites for hydroxylation is 1. The van der Waals surface area contributed by atoms with E-state index in [1.54, 1.807) is 13.1 Å². The Morgan fingerprint density at radius 3 is 3.00 bits per heavy atom. The van der Waals surface area contributed by atoms with Gasteiger partial charge < -0.3 is 9.64 Å². The van der Waals surface area contributed by atoms with Crippen molar-refractivity contribution in [1.29, 1.82) is 0 Å². The number of hydrogen-bond acceptors (Lipinski definition) is 5. The summed E-state index contributed by atoms with van der Waals surface area (Å²) in [5.74, 6) is -0.417. The first-order valence-corrected chi connectivity index (χ1v) is 8.27. The van der Waals surface area contributed by atoms with Crippen molar-refractivity contribution in [2.45, 2.75) is 26.2 Å². The maximum absolute atomic E-state index is 12.0. The molecule has 0 N–H and O–H groups in total. The second-order valence-electron chi connectivity index (χ2n) is 5.45. The maximum Gasteiger partial charge on any atom is 0.397 e. The standard InChI is InChI=1S/C15H17BrN4O3/c1-3-23-15(22)14(21)19-6-4-10(8-19)13-18-12(16)11-9(2)17-5-7-20(11)13/h5,7,10H,3-4,6,8H2,1-2H3/t10-/m1/s1. The van der Waals surface area contributed by atoms with Crippen LogP contribution in [0.5, 0.6) is 0 Å². The highest BCUT2D eigenvalue weighted by molar-refractivity contribution is 9.10. The number of likely N-dealkylation sites (tertiary alicyclic amines) is 1. The summed E-state index contributed by atoms with van der Waals surface area (Å²) in [4.78, 5) is 34.0. The number of carbonyl (C=O) groups is 2. The fourth-order valence-corrected chi connectivity index (χ4v) is 3.59. The molecule has 0 spiro atoms. The summed E-state index contributed by atoms with van der Waals surface area (Å²) in [6, 6.07) is 0. The van der Waals surface area contributed by atoms with Gasteiger partial charge in [0, 0.05) is 31.4 Å². The third kappa shape index (κ3) is 2.83. The van der Waals surface area contributed by atoms with Gasteiger partial charge in [0.1, 0.15) is 15.9 Å². The molecule has 23 heavy (non-hydrogen) atoms. The van der Waals surface area contributed by atoms with E-state index >= 15 is 0 Å². The highest BCUT2D eigenvalue weighted by Crippen LogP contribution is 2.30. The first kappa shape index (κ1) is 15.9. The van der Waals surface area contributed by atoms with E-state index in [0.717, 1.165) is 28.1 Å². The third-order valence-corrected chi connectivity index (χ3v) is 4.57. The Hall–Kier alpha value is -1.96. The average Bonchev–Trinajstić information content (AvgIpc) is 3.12. The molecule has 1 saturated heterocycles. The Balaban J connectivity index is 1.84. The zero-order chi connectivity index (χ0) is 16.6. The normalized spacial score (nSPS) is 17.7. The monoisotopic (exact) mass is 380 g/mol. The summed E-state index contributed by atoms with van der Waals surface area (Å²) in [6.45, 7) is 4.80. The number of ether oxygens (including phenoxy) is 1. The number of halogens is 1. The van der Waals surface area contributed by atoms with Gasteiger partial charge in [-0.1, -0.05) is 0 Å². The van der Waals surface area contributed by atoms with Gasteiger partial charge in [-0.15, -0.1) is 0 Å². The molecule has 7 nitrogen and oxygen atoms in total. The minimum atomic E-state index is -0.789. The summed E-state index contributed by atoms with van der Waals surface area (Å²) in [5.41, 5.74) is 1.81. The van der Waals surface area contributed by atoms with Crippen LogP contribution in [0.2, 0.25) is 0 Å². The molecular weight excluding hydrogens is 364 g/mol. The molecule has 0 bridgehead atoms. The van der Waals surface area contributed by atoms with E-state index in [-0.39, 0.29) is 12.5 Å². The Labute approximate surface area is 141 Å². The van der Waals surface area contributed by atoms with Crippen molar-refractivity contribution >= 4 is 33.3 Å². The predicted octanol–water partition coefficient (Wildman–Crippen LogP) is 1.68. The van der Waals surface area contributed by atoms with Gasteiger partial charge in [0.05, 0.1) is 12.3 Å². The molecular formula is C15H17BrN4O3. The van der Waals surface area contributed by atoms with Crippen LogP contribution < -0.4 is 0 Å². The van der Waals surface area contributed by atoms with E-state index in [9.17, 15) is 9.59 Å². The third-order valence-electron chi connectivity index (χ3n) is 4.01. The molecule has 122 valence electrons. The zero-order valence-electron chi connectivity index (χ0n) is 13.0. The molecule has 0 radical (unpaired) electrons. The molecule has 1 atom stereocenters. The summed E-state index contributed by atoms with van der Waals surface area (Å²) < 4.78 is 7.52. The highest BCUT2D eigenvalue weighted by atomic mass is 79.9. The number of carbonyl (C=O) groups excluding carboxylic acids is 2. The lowest BCUT2D eigenvalue weighted by Crippen LogP contribution is -2.35. The van der Waals surface area contributed by atoms with E-state index < -0.39 is 11.9 Å². The van der Waals surface area contributed by atoms with Crippen molar-refractivity contribution < 1.29 is 14.3 Å². The molecule has 1 amide bonds. The molecule has 0 aromatic carbocycles. The molecule has 2 aromatic rings. The van der Waals surface area contributed by atoms with Gasteiger partial charge in [-0.25, -0.2) is 9.78 Å². The lowest BCUT2D eigenvalue weighted by molar-refractivity contribution is -0.159. The Morgan fingerprint density at radius 2 is 2.26 bits per heavy atom. The van der Waals surface area contributed by atoms with Crippen LogP contribution in [0.4, 0.5) is 0 Å². The van der Waals surface area contributed by atoms with Gasteiger partial charge in [0.15, 0.2) is 0 Å². The molecule has 0 saturated carbocycles. The van der Waals surface area contributed by atoms with Gasteiger partial charge in [-0.05, 0) is 36.2 Å². The second kappa shape index (κ2) is 6.27. The summed E-state index contributed by atoms with van der Waals surface area (Å²) >= 11 is 3.48. The first-order chi connectivity index (χ1) is 11.0. The zero-order valence-corrected chi connectivity index (χ0v) is 14.5. The number of hydrogen-bond donors (Lipinski definition) is 0. The molecule has 0 aliphatic carbocycles. The number of imidazole rings is 1. The van der Waals surface area contributed by atoms with Gasteiger partial charge in [-0.3, -0.25) is 14.2 Å². The number of nitrogens with zero attached hydrogens (tertiary/aromatic N) is 4. The number of fused-ring (bicyclic) bond motifs is 1. The van der Waals surface area contributed by atoms with Crippen molar-refractivity contribution in [3.05, 3.63) is 28.5 Å². The van der Waals surface area contributed by atoms with Crippen molar-refractivity contribution in [1.82, 2.24) is 19.3 Å².